The summed E-state index contributed by atoms with van der Waals surface area (Å²) in [5.74, 6) is 0.338. The Kier molecular flexibility index (Phi) is 4.60. The number of amides is 1. The Morgan fingerprint density at radius 2 is 2.05 bits per heavy atom. The van der Waals surface area contributed by atoms with E-state index in [9.17, 15) is 4.79 Å². The lowest BCUT2D eigenvalue weighted by Gasteiger charge is -2.21. The van der Waals surface area contributed by atoms with E-state index in [1.54, 1.807) is 25.0 Å². The van der Waals surface area contributed by atoms with E-state index in [4.69, 9.17) is 4.74 Å². The molecule has 5 nitrogen and oxygen atoms in total. The molecule has 2 aromatic rings. The van der Waals surface area contributed by atoms with Crippen LogP contribution in [0, 0.1) is 0 Å². The van der Waals surface area contributed by atoms with Gasteiger partial charge in [-0.25, -0.2) is 0 Å². The van der Waals surface area contributed by atoms with Gasteiger partial charge < -0.3 is 10.1 Å². The number of halogens is 1. The minimum Gasteiger partial charge on any atom is -0.495 e. The first kappa shape index (κ1) is 16.5. The van der Waals surface area contributed by atoms with Crippen LogP contribution in [0.25, 0.3) is 0 Å². The van der Waals surface area contributed by atoms with Crippen molar-refractivity contribution in [1.82, 2.24) is 9.78 Å². The van der Waals surface area contributed by atoms with Gasteiger partial charge in [0.05, 0.1) is 17.3 Å². The molecule has 0 saturated carbocycles. The SMILES string of the molecule is COc1ccc(C(C)(C)C)cc1NC(=O)c1nn(C)cc1Br. The van der Waals surface area contributed by atoms with Gasteiger partial charge in [0.25, 0.3) is 5.91 Å². The second kappa shape index (κ2) is 6.12. The largest absolute Gasteiger partial charge is 0.495 e. The summed E-state index contributed by atoms with van der Waals surface area (Å²) in [6, 6.07) is 5.81. The molecule has 1 amide bonds. The molecule has 0 atom stereocenters. The van der Waals surface area contributed by atoms with Crippen molar-refractivity contribution in [2.45, 2.75) is 26.2 Å². The molecular formula is C16H20BrN3O2. The topological polar surface area (TPSA) is 56.1 Å². The molecule has 0 spiro atoms. The monoisotopic (exact) mass is 365 g/mol. The van der Waals surface area contributed by atoms with Gasteiger partial charge in [-0.05, 0) is 39.0 Å². The number of ether oxygens (including phenoxy) is 1. The van der Waals surface area contributed by atoms with E-state index >= 15 is 0 Å². The third-order valence-corrected chi connectivity index (χ3v) is 3.89. The Hall–Kier alpha value is -1.82. The summed E-state index contributed by atoms with van der Waals surface area (Å²) in [6.07, 6.45) is 1.73. The maximum absolute atomic E-state index is 12.4. The molecule has 0 bridgehead atoms. The summed E-state index contributed by atoms with van der Waals surface area (Å²) in [5.41, 5.74) is 2.07. The minimum absolute atomic E-state index is 0.0165. The maximum Gasteiger partial charge on any atom is 0.277 e. The quantitative estimate of drug-likeness (QED) is 0.900. The van der Waals surface area contributed by atoms with Gasteiger partial charge >= 0.3 is 0 Å². The number of methoxy groups -OCH3 is 1. The molecule has 2 rings (SSSR count). The van der Waals surface area contributed by atoms with Crippen LogP contribution in [0.15, 0.2) is 28.9 Å². The predicted molar refractivity (Wildman–Crippen MR) is 90.6 cm³/mol. The Labute approximate surface area is 138 Å². The van der Waals surface area contributed by atoms with Crippen LogP contribution in [-0.2, 0) is 12.5 Å². The Morgan fingerprint density at radius 1 is 1.36 bits per heavy atom. The number of hydrogen-bond donors (Lipinski definition) is 1. The highest BCUT2D eigenvalue weighted by Gasteiger charge is 2.19. The number of nitrogens with one attached hydrogen (secondary N) is 1. The van der Waals surface area contributed by atoms with Gasteiger partial charge in [0.2, 0.25) is 0 Å². The summed E-state index contributed by atoms with van der Waals surface area (Å²) in [4.78, 5) is 12.4. The number of anilines is 1. The van der Waals surface area contributed by atoms with E-state index in [1.807, 2.05) is 18.2 Å². The van der Waals surface area contributed by atoms with Crippen LogP contribution in [0.5, 0.6) is 5.75 Å². The zero-order valence-corrected chi connectivity index (χ0v) is 15.0. The summed E-state index contributed by atoms with van der Waals surface area (Å²) in [6.45, 7) is 6.36. The van der Waals surface area contributed by atoms with Crippen molar-refractivity contribution in [3.63, 3.8) is 0 Å². The van der Waals surface area contributed by atoms with Gasteiger partial charge in [-0.1, -0.05) is 26.8 Å². The number of hydrogen-bond acceptors (Lipinski definition) is 3. The highest BCUT2D eigenvalue weighted by molar-refractivity contribution is 9.10. The molecular weight excluding hydrogens is 346 g/mol. The molecule has 22 heavy (non-hydrogen) atoms. The van der Waals surface area contributed by atoms with Crippen LogP contribution in [0.3, 0.4) is 0 Å². The van der Waals surface area contributed by atoms with Crippen LogP contribution in [-0.4, -0.2) is 22.8 Å². The van der Waals surface area contributed by atoms with Gasteiger partial charge in [0.15, 0.2) is 5.69 Å². The second-order valence-corrected chi connectivity index (χ2v) is 6.97. The Bertz CT molecular complexity index is 702. The van der Waals surface area contributed by atoms with Crippen LogP contribution in [0.4, 0.5) is 5.69 Å². The Morgan fingerprint density at radius 3 is 2.55 bits per heavy atom. The lowest BCUT2D eigenvalue weighted by molar-refractivity contribution is 0.102. The van der Waals surface area contributed by atoms with Crippen LogP contribution < -0.4 is 10.1 Å². The fraction of sp³-hybridized carbons (Fsp3) is 0.375. The summed E-state index contributed by atoms with van der Waals surface area (Å²) in [5, 5.41) is 7.02. The lowest BCUT2D eigenvalue weighted by atomic mass is 9.87. The normalized spacial score (nSPS) is 11.4. The summed E-state index contributed by atoms with van der Waals surface area (Å²) in [7, 11) is 3.35. The molecule has 0 unspecified atom stereocenters. The number of nitrogens with zero attached hydrogens (tertiary/aromatic N) is 2. The zero-order chi connectivity index (χ0) is 16.5. The van der Waals surface area contributed by atoms with E-state index in [0.29, 0.717) is 21.6 Å². The fourth-order valence-corrected chi connectivity index (χ4v) is 2.62. The fourth-order valence-electron chi connectivity index (χ4n) is 2.07. The smallest absolute Gasteiger partial charge is 0.277 e. The van der Waals surface area contributed by atoms with Crippen molar-refractivity contribution in [3.05, 3.63) is 40.1 Å². The van der Waals surface area contributed by atoms with Gasteiger partial charge in [-0.3, -0.25) is 9.48 Å². The number of aromatic nitrogens is 2. The van der Waals surface area contributed by atoms with E-state index < -0.39 is 0 Å². The highest BCUT2D eigenvalue weighted by atomic mass is 79.9. The maximum atomic E-state index is 12.4. The highest BCUT2D eigenvalue weighted by Crippen LogP contribution is 2.32. The van der Waals surface area contributed by atoms with E-state index in [-0.39, 0.29) is 11.3 Å². The molecule has 6 heteroatoms. The third-order valence-electron chi connectivity index (χ3n) is 3.31. The molecule has 0 saturated heterocycles. The third kappa shape index (κ3) is 3.50. The van der Waals surface area contributed by atoms with Gasteiger partial charge in [-0.2, -0.15) is 5.10 Å². The molecule has 0 aliphatic carbocycles. The number of rotatable bonds is 3. The first-order chi connectivity index (χ1) is 10.2. The van der Waals surface area contributed by atoms with Crippen LogP contribution in [0.2, 0.25) is 0 Å². The number of carbonyl (C=O) groups excluding carboxylic acids is 1. The number of carbonyl (C=O) groups is 1. The summed E-state index contributed by atoms with van der Waals surface area (Å²) >= 11 is 3.34. The van der Waals surface area contributed by atoms with E-state index in [1.165, 1.54) is 0 Å². The average Bonchev–Trinajstić information content (AvgIpc) is 2.76. The molecule has 1 aromatic heterocycles. The van der Waals surface area contributed by atoms with Crippen LogP contribution >= 0.6 is 15.9 Å². The first-order valence-corrected chi connectivity index (χ1v) is 7.70. The van der Waals surface area contributed by atoms with Crippen molar-refractivity contribution >= 4 is 27.5 Å². The van der Waals surface area contributed by atoms with E-state index in [2.05, 4.69) is 47.1 Å². The molecule has 118 valence electrons. The van der Waals surface area contributed by atoms with Crippen molar-refractivity contribution in [2.24, 2.45) is 7.05 Å². The summed E-state index contributed by atoms with van der Waals surface area (Å²) < 4.78 is 7.57. The number of benzene rings is 1. The molecule has 1 aromatic carbocycles. The molecule has 1 N–H and O–H groups in total. The average molecular weight is 366 g/mol. The molecule has 0 aliphatic heterocycles. The second-order valence-electron chi connectivity index (χ2n) is 6.12. The molecule has 0 fully saturated rings. The van der Waals surface area contributed by atoms with Gasteiger partial charge in [0.1, 0.15) is 5.75 Å². The minimum atomic E-state index is -0.281. The standard InChI is InChI=1S/C16H20BrN3O2/c1-16(2,3)10-6-7-13(22-5)12(8-10)18-15(21)14-11(17)9-20(4)19-14/h6-9H,1-5H3,(H,18,21). The molecule has 0 radical (unpaired) electrons. The molecule has 0 aliphatic rings. The van der Waals surface area contributed by atoms with Crippen molar-refractivity contribution < 1.29 is 9.53 Å². The van der Waals surface area contributed by atoms with Crippen molar-refractivity contribution in [2.75, 3.05) is 12.4 Å². The van der Waals surface area contributed by atoms with E-state index in [0.717, 1.165) is 5.56 Å². The lowest BCUT2D eigenvalue weighted by Crippen LogP contribution is -2.16. The first-order valence-electron chi connectivity index (χ1n) is 6.91. The molecule has 1 heterocycles. The predicted octanol–water partition coefficient (Wildman–Crippen LogP) is 3.74. The zero-order valence-electron chi connectivity index (χ0n) is 13.4. The number of aryl methyl sites for hydroxylation is 1. The Balaban J connectivity index is 2.35. The van der Waals surface area contributed by atoms with Gasteiger partial charge in [-0.15, -0.1) is 0 Å². The van der Waals surface area contributed by atoms with Crippen molar-refractivity contribution in [1.29, 1.82) is 0 Å². The van der Waals surface area contributed by atoms with Crippen molar-refractivity contribution in [3.8, 4) is 5.75 Å². The van der Waals surface area contributed by atoms with Gasteiger partial charge in [0, 0.05) is 13.2 Å². The van der Waals surface area contributed by atoms with Crippen LogP contribution in [0.1, 0.15) is 36.8 Å².